The molecule has 4 heteroatoms. The molecule has 1 aromatic heterocycles. The Morgan fingerprint density at radius 3 is 2.07 bits per heavy atom. The van der Waals surface area contributed by atoms with Crippen LogP contribution in [-0.4, -0.2) is 21.0 Å². The molecule has 4 nitrogen and oxygen atoms in total. The summed E-state index contributed by atoms with van der Waals surface area (Å²) >= 11 is 0. The molecule has 27 heavy (non-hydrogen) atoms. The van der Waals surface area contributed by atoms with Gasteiger partial charge in [-0.05, 0) is 24.6 Å². The zero-order chi connectivity index (χ0) is 18.8. The number of hydrogen-bond donors (Lipinski definition) is 2. The lowest BCUT2D eigenvalue weighted by atomic mass is 10.0. The number of nitrogens with zero attached hydrogens (tertiary/aromatic N) is 1. The first-order valence-corrected chi connectivity index (χ1v) is 8.68. The van der Waals surface area contributed by atoms with Crippen LogP contribution in [0.15, 0.2) is 78.9 Å². The molecule has 2 N–H and O–H groups in total. The number of aryl methyl sites for hydroxylation is 1. The minimum Gasteiger partial charge on any atom is -0.478 e. The van der Waals surface area contributed by atoms with E-state index in [1.165, 1.54) is 0 Å². The maximum atomic E-state index is 11.3. The normalized spacial score (nSPS) is 10.7. The maximum Gasteiger partial charge on any atom is 0.335 e. The third-order valence-corrected chi connectivity index (χ3v) is 4.54. The average molecular weight is 354 g/mol. The Kier molecular flexibility index (Phi) is 4.30. The van der Waals surface area contributed by atoms with E-state index in [0.29, 0.717) is 17.0 Å². The number of carbonyl (C=O) groups is 1. The fourth-order valence-electron chi connectivity index (χ4n) is 3.18. The van der Waals surface area contributed by atoms with Gasteiger partial charge in [-0.15, -0.1) is 0 Å². The number of H-pyrrole nitrogens is 1. The molecular weight excluding hydrogens is 336 g/mol. The highest BCUT2D eigenvalue weighted by molar-refractivity contribution is 5.90. The van der Waals surface area contributed by atoms with Gasteiger partial charge in [-0.25, -0.2) is 9.78 Å². The Labute approximate surface area is 157 Å². The van der Waals surface area contributed by atoms with Crippen LogP contribution in [0.5, 0.6) is 0 Å². The van der Waals surface area contributed by atoms with Crippen LogP contribution >= 0.6 is 0 Å². The molecule has 1 heterocycles. The standard InChI is InChI=1S/C23H18N2O2/c1-15-14-18(12-13-19(15)23(26)27)22-24-20(16-8-4-2-5-9-16)21(25-22)17-10-6-3-7-11-17/h2-14H,1H3,(H,24,25)(H,26,27). The average Bonchev–Trinajstić information content (AvgIpc) is 3.14. The van der Waals surface area contributed by atoms with Crippen LogP contribution in [0.25, 0.3) is 33.9 Å². The van der Waals surface area contributed by atoms with Gasteiger partial charge >= 0.3 is 5.97 Å². The molecule has 4 rings (SSSR count). The summed E-state index contributed by atoms with van der Waals surface area (Å²) in [5.41, 5.74) is 5.76. The highest BCUT2D eigenvalue weighted by Crippen LogP contribution is 2.33. The van der Waals surface area contributed by atoms with Gasteiger partial charge in [0.2, 0.25) is 0 Å². The lowest BCUT2D eigenvalue weighted by Gasteiger charge is -2.03. The number of benzene rings is 3. The number of hydrogen-bond acceptors (Lipinski definition) is 2. The predicted octanol–water partition coefficient (Wildman–Crippen LogP) is 5.42. The van der Waals surface area contributed by atoms with Crippen molar-refractivity contribution in [2.45, 2.75) is 6.92 Å². The highest BCUT2D eigenvalue weighted by atomic mass is 16.4. The highest BCUT2D eigenvalue weighted by Gasteiger charge is 2.16. The molecule has 0 aliphatic heterocycles. The second-order valence-corrected chi connectivity index (χ2v) is 6.38. The molecule has 0 atom stereocenters. The van der Waals surface area contributed by atoms with Crippen molar-refractivity contribution in [3.8, 4) is 33.9 Å². The maximum absolute atomic E-state index is 11.3. The van der Waals surface area contributed by atoms with Crippen LogP contribution < -0.4 is 0 Å². The van der Waals surface area contributed by atoms with Gasteiger partial charge in [0.1, 0.15) is 5.82 Å². The van der Waals surface area contributed by atoms with Gasteiger partial charge in [-0.3, -0.25) is 0 Å². The lowest BCUT2D eigenvalue weighted by molar-refractivity contribution is 0.0696. The molecule has 0 saturated heterocycles. The molecule has 0 unspecified atom stereocenters. The van der Waals surface area contributed by atoms with Crippen molar-refractivity contribution in [3.63, 3.8) is 0 Å². The summed E-state index contributed by atoms with van der Waals surface area (Å²) in [6.07, 6.45) is 0. The van der Waals surface area contributed by atoms with E-state index in [1.54, 1.807) is 19.1 Å². The second kappa shape index (κ2) is 6.92. The van der Waals surface area contributed by atoms with Gasteiger partial charge in [0.25, 0.3) is 0 Å². The van der Waals surface area contributed by atoms with E-state index in [0.717, 1.165) is 28.1 Å². The second-order valence-electron chi connectivity index (χ2n) is 6.38. The third-order valence-electron chi connectivity index (χ3n) is 4.54. The van der Waals surface area contributed by atoms with E-state index >= 15 is 0 Å². The van der Waals surface area contributed by atoms with Crippen molar-refractivity contribution in [2.24, 2.45) is 0 Å². The van der Waals surface area contributed by atoms with E-state index in [2.05, 4.69) is 4.98 Å². The Morgan fingerprint density at radius 1 is 0.852 bits per heavy atom. The molecule has 0 aliphatic rings. The Balaban J connectivity index is 1.87. The van der Waals surface area contributed by atoms with Gasteiger partial charge in [-0.1, -0.05) is 66.7 Å². The molecule has 0 aliphatic carbocycles. The molecule has 4 aromatic rings. The molecule has 0 radical (unpaired) electrons. The quantitative estimate of drug-likeness (QED) is 0.514. The summed E-state index contributed by atoms with van der Waals surface area (Å²) in [7, 11) is 0. The summed E-state index contributed by atoms with van der Waals surface area (Å²) in [6.45, 7) is 1.80. The topological polar surface area (TPSA) is 66.0 Å². The monoisotopic (exact) mass is 354 g/mol. The first-order valence-electron chi connectivity index (χ1n) is 8.68. The van der Waals surface area contributed by atoms with E-state index in [4.69, 9.17) is 4.98 Å². The Hall–Kier alpha value is -3.66. The number of imidazole rings is 1. The van der Waals surface area contributed by atoms with Gasteiger partial charge in [0, 0.05) is 16.7 Å². The van der Waals surface area contributed by atoms with Crippen molar-refractivity contribution in [2.75, 3.05) is 0 Å². The first kappa shape index (κ1) is 16.8. The van der Waals surface area contributed by atoms with Crippen molar-refractivity contribution in [3.05, 3.63) is 90.0 Å². The molecule has 0 amide bonds. The predicted molar refractivity (Wildman–Crippen MR) is 107 cm³/mol. The summed E-state index contributed by atoms with van der Waals surface area (Å²) in [4.78, 5) is 19.5. The van der Waals surface area contributed by atoms with Crippen LogP contribution in [0.4, 0.5) is 0 Å². The van der Waals surface area contributed by atoms with Crippen molar-refractivity contribution in [1.82, 2.24) is 9.97 Å². The minimum absolute atomic E-state index is 0.303. The number of rotatable bonds is 4. The van der Waals surface area contributed by atoms with Gasteiger partial charge in [0.15, 0.2) is 0 Å². The van der Waals surface area contributed by atoms with Gasteiger partial charge < -0.3 is 10.1 Å². The zero-order valence-electron chi connectivity index (χ0n) is 14.8. The largest absolute Gasteiger partial charge is 0.478 e. The first-order chi connectivity index (χ1) is 13.1. The fourth-order valence-corrected chi connectivity index (χ4v) is 3.18. The van der Waals surface area contributed by atoms with Crippen molar-refractivity contribution in [1.29, 1.82) is 0 Å². The van der Waals surface area contributed by atoms with E-state index in [-0.39, 0.29) is 0 Å². The molecule has 0 saturated carbocycles. The number of aromatic amines is 1. The van der Waals surface area contributed by atoms with Crippen LogP contribution in [0.2, 0.25) is 0 Å². The van der Waals surface area contributed by atoms with Crippen molar-refractivity contribution >= 4 is 5.97 Å². The smallest absolute Gasteiger partial charge is 0.335 e. The summed E-state index contributed by atoms with van der Waals surface area (Å²) in [6, 6.07) is 25.4. The molecule has 132 valence electrons. The summed E-state index contributed by atoms with van der Waals surface area (Å²) in [5, 5.41) is 9.25. The number of aromatic carboxylic acids is 1. The minimum atomic E-state index is -0.923. The van der Waals surface area contributed by atoms with Crippen LogP contribution in [0, 0.1) is 6.92 Å². The van der Waals surface area contributed by atoms with Crippen LogP contribution in [-0.2, 0) is 0 Å². The Morgan fingerprint density at radius 2 is 1.48 bits per heavy atom. The SMILES string of the molecule is Cc1cc(-c2nc(-c3ccccc3)c(-c3ccccc3)[nH]2)ccc1C(=O)O. The van der Waals surface area contributed by atoms with E-state index in [1.807, 2.05) is 66.7 Å². The van der Waals surface area contributed by atoms with Gasteiger partial charge in [-0.2, -0.15) is 0 Å². The zero-order valence-corrected chi connectivity index (χ0v) is 14.8. The number of nitrogens with one attached hydrogen (secondary N) is 1. The lowest BCUT2D eigenvalue weighted by Crippen LogP contribution is -1.99. The summed E-state index contributed by atoms with van der Waals surface area (Å²) in [5.74, 6) is -0.207. The molecular formula is C23H18N2O2. The third kappa shape index (κ3) is 3.25. The van der Waals surface area contributed by atoms with E-state index in [9.17, 15) is 9.90 Å². The van der Waals surface area contributed by atoms with Crippen LogP contribution in [0.1, 0.15) is 15.9 Å². The number of carboxylic acids is 1. The van der Waals surface area contributed by atoms with Crippen molar-refractivity contribution < 1.29 is 9.90 Å². The van der Waals surface area contributed by atoms with E-state index < -0.39 is 5.97 Å². The number of carboxylic acid groups (broad SMARTS) is 1. The number of aromatic nitrogens is 2. The van der Waals surface area contributed by atoms with Gasteiger partial charge in [0.05, 0.1) is 17.0 Å². The molecule has 0 fully saturated rings. The molecule has 3 aromatic carbocycles. The van der Waals surface area contributed by atoms with Crippen LogP contribution in [0.3, 0.4) is 0 Å². The fraction of sp³-hybridized carbons (Fsp3) is 0.0435. The summed E-state index contributed by atoms with van der Waals surface area (Å²) < 4.78 is 0. The molecule has 0 bridgehead atoms. The Bertz CT molecular complexity index is 1040. The molecule has 0 spiro atoms.